The molecule has 11 heteroatoms. The van der Waals surface area contributed by atoms with Crippen molar-refractivity contribution >= 4 is 23.5 Å². The van der Waals surface area contributed by atoms with Gasteiger partial charge < -0.3 is 20.3 Å². The van der Waals surface area contributed by atoms with Crippen LogP contribution in [0.25, 0.3) is 11.8 Å². The first kappa shape index (κ1) is 31.7. The van der Waals surface area contributed by atoms with Crippen LogP contribution in [-0.4, -0.2) is 51.1 Å². The van der Waals surface area contributed by atoms with Crippen molar-refractivity contribution in [2.24, 2.45) is 11.3 Å². The van der Waals surface area contributed by atoms with Gasteiger partial charge in [-0.15, -0.1) is 0 Å². The molecule has 2 fully saturated rings. The van der Waals surface area contributed by atoms with Crippen molar-refractivity contribution in [1.82, 2.24) is 9.78 Å². The van der Waals surface area contributed by atoms with E-state index >= 15 is 0 Å². The summed E-state index contributed by atoms with van der Waals surface area (Å²) >= 11 is 0. The summed E-state index contributed by atoms with van der Waals surface area (Å²) in [5.41, 5.74) is 4.79. The molecule has 0 aliphatic carbocycles. The van der Waals surface area contributed by atoms with Crippen molar-refractivity contribution in [2.75, 3.05) is 5.73 Å². The maximum Gasteiger partial charge on any atom is 0.418 e. The number of aliphatic hydroxyl groups excluding tert-OH is 1. The van der Waals surface area contributed by atoms with Crippen molar-refractivity contribution in [3.63, 3.8) is 0 Å². The first-order chi connectivity index (χ1) is 19.7. The number of anilines is 1. The Bertz CT molecular complexity index is 1320. The van der Waals surface area contributed by atoms with Crippen LogP contribution in [0, 0.1) is 11.3 Å². The van der Waals surface area contributed by atoms with E-state index in [0.29, 0.717) is 24.1 Å². The van der Waals surface area contributed by atoms with Gasteiger partial charge in [-0.25, -0.2) is 4.68 Å². The molecular formula is C31H40F3N3O5. The van der Waals surface area contributed by atoms with Crippen LogP contribution in [0.5, 0.6) is 0 Å². The van der Waals surface area contributed by atoms with Crippen LogP contribution in [0.4, 0.5) is 18.9 Å². The van der Waals surface area contributed by atoms with Crippen molar-refractivity contribution in [3.05, 3.63) is 47.3 Å². The maximum atomic E-state index is 13.6. The highest BCUT2D eigenvalue weighted by atomic mass is 19.4. The number of nitrogens with two attached hydrogens (primary N) is 1. The number of esters is 1. The lowest BCUT2D eigenvalue weighted by molar-refractivity contribution is -0.149. The molecule has 0 spiro atoms. The lowest BCUT2D eigenvalue weighted by Gasteiger charge is -2.29. The van der Waals surface area contributed by atoms with Crippen molar-refractivity contribution in [1.29, 1.82) is 0 Å². The number of fused-ring (bicyclic) bond motifs is 1. The molecule has 2 aromatic rings. The molecule has 1 aromatic heterocycles. The Morgan fingerprint density at radius 1 is 1.17 bits per heavy atom. The fourth-order valence-corrected chi connectivity index (χ4v) is 5.53. The molecular weight excluding hydrogens is 551 g/mol. The number of ketones is 1. The predicted molar refractivity (Wildman–Crippen MR) is 151 cm³/mol. The molecule has 3 N–H and O–H groups in total. The Balaban J connectivity index is 1.54. The number of benzene rings is 1. The Kier molecular flexibility index (Phi) is 9.52. The minimum Gasteiger partial charge on any atom is -0.458 e. The number of ether oxygens (including phenoxy) is 2. The summed E-state index contributed by atoms with van der Waals surface area (Å²) in [4.78, 5) is 26.1. The van der Waals surface area contributed by atoms with Gasteiger partial charge in [0.25, 0.3) is 0 Å². The minimum absolute atomic E-state index is 0.00326. The highest BCUT2D eigenvalue weighted by molar-refractivity contribution is 5.87. The number of hydrogen-bond donors (Lipinski definition) is 2. The average Bonchev–Trinajstić information content (AvgIpc) is 3.49. The molecule has 42 heavy (non-hydrogen) atoms. The zero-order valence-electron chi connectivity index (χ0n) is 24.5. The lowest BCUT2D eigenvalue weighted by atomic mass is 9.76. The Labute approximate surface area is 244 Å². The second-order valence-corrected chi connectivity index (χ2v) is 12.2. The molecule has 1 aromatic carbocycles. The summed E-state index contributed by atoms with van der Waals surface area (Å²) in [6.45, 7) is 7.08. The van der Waals surface area contributed by atoms with E-state index in [9.17, 15) is 27.9 Å². The summed E-state index contributed by atoms with van der Waals surface area (Å²) in [5, 5.41) is 14.9. The minimum atomic E-state index is -4.61. The van der Waals surface area contributed by atoms with E-state index < -0.39 is 41.2 Å². The third-order valence-electron chi connectivity index (χ3n) is 8.32. The summed E-state index contributed by atoms with van der Waals surface area (Å²) in [5.74, 6) is -1.08. The Hall–Kier alpha value is -3.18. The number of aromatic nitrogens is 2. The third kappa shape index (κ3) is 7.80. The van der Waals surface area contributed by atoms with E-state index in [1.54, 1.807) is 39.8 Å². The highest BCUT2D eigenvalue weighted by Gasteiger charge is 2.42. The van der Waals surface area contributed by atoms with E-state index in [-0.39, 0.29) is 42.2 Å². The fourth-order valence-electron chi connectivity index (χ4n) is 5.53. The van der Waals surface area contributed by atoms with E-state index in [1.807, 2.05) is 0 Å². The van der Waals surface area contributed by atoms with E-state index in [1.165, 1.54) is 18.3 Å². The van der Waals surface area contributed by atoms with Crippen LogP contribution in [0.3, 0.4) is 0 Å². The second-order valence-electron chi connectivity index (χ2n) is 12.2. The SMILES string of the molecule is C/C(=C\c1ccn(-c2ccc(N)cc2C(F)(F)F)n1)C1CC2OC2CCCCC(O)[C@@H](C)C(=O)C(C)(C)CCC(=O)O1. The number of nitrogens with zero attached hydrogens (tertiary/aromatic N) is 2. The summed E-state index contributed by atoms with van der Waals surface area (Å²) in [6, 6.07) is 5.11. The van der Waals surface area contributed by atoms with Gasteiger partial charge in [-0.2, -0.15) is 18.3 Å². The topological polar surface area (TPSA) is 120 Å². The van der Waals surface area contributed by atoms with Crippen LogP contribution in [0.2, 0.25) is 0 Å². The zero-order valence-corrected chi connectivity index (χ0v) is 24.5. The largest absolute Gasteiger partial charge is 0.458 e. The molecule has 0 amide bonds. The van der Waals surface area contributed by atoms with Gasteiger partial charge in [-0.3, -0.25) is 9.59 Å². The van der Waals surface area contributed by atoms with E-state index in [0.717, 1.165) is 30.0 Å². The smallest absolute Gasteiger partial charge is 0.418 e. The van der Waals surface area contributed by atoms with Gasteiger partial charge in [0, 0.05) is 36.1 Å². The van der Waals surface area contributed by atoms with Gasteiger partial charge in [-0.1, -0.05) is 33.6 Å². The molecule has 2 saturated heterocycles. The first-order valence-corrected chi connectivity index (χ1v) is 14.4. The molecule has 5 atom stereocenters. The molecule has 0 bridgehead atoms. The first-order valence-electron chi connectivity index (χ1n) is 14.4. The normalized spacial score (nSPS) is 28.2. The average molecular weight is 592 g/mol. The number of epoxide rings is 1. The van der Waals surface area contributed by atoms with Gasteiger partial charge in [0.1, 0.15) is 11.9 Å². The number of carbonyl (C=O) groups excluding carboxylic acids is 2. The summed E-state index contributed by atoms with van der Waals surface area (Å²) in [7, 11) is 0. The second kappa shape index (κ2) is 12.6. The van der Waals surface area contributed by atoms with Crippen LogP contribution >= 0.6 is 0 Å². The molecule has 4 unspecified atom stereocenters. The van der Waals surface area contributed by atoms with Crippen LogP contribution in [0.15, 0.2) is 36.0 Å². The highest BCUT2D eigenvalue weighted by Crippen LogP contribution is 2.37. The Morgan fingerprint density at radius 2 is 1.88 bits per heavy atom. The summed E-state index contributed by atoms with van der Waals surface area (Å²) in [6.07, 6.45) is 0.724. The number of aliphatic hydroxyl groups is 1. The molecule has 0 radical (unpaired) electrons. The number of nitrogen functional groups attached to an aromatic ring is 1. The molecule has 2 aliphatic heterocycles. The van der Waals surface area contributed by atoms with Gasteiger partial charge in [0.15, 0.2) is 0 Å². The Morgan fingerprint density at radius 3 is 2.60 bits per heavy atom. The van der Waals surface area contributed by atoms with Crippen LogP contribution in [-0.2, 0) is 25.2 Å². The van der Waals surface area contributed by atoms with Crippen molar-refractivity contribution in [2.45, 2.75) is 103 Å². The van der Waals surface area contributed by atoms with Gasteiger partial charge in [0.05, 0.1) is 35.3 Å². The van der Waals surface area contributed by atoms with Crippen LogP contribution < -0.4 is 5.73 Å². The maximum absolute atomic E-state index is 13.6. The molecule has 230 valence electrons. The summed E-state index contributed by atoms with van der Waals surface area (Å²) < 4.78 is 53.8. The lowest BCUT2D eigenvalue weighted by Crippen LogP contribution is -2.36. The van der Waals surface area contributed by atoms with Crippen LogP contribution in [0.1, 0.15) is 83.9 Å². The number of cyclic esters (lactones) is 1. The molecule has 4 rings (SSSR count). The molecule has 2 aliphatic rings. The van der Waals surface area contributed by atoms with Gasteiger partial charge in [-0.05, 0) is 62.1 Å². The van der Waals surface area contributed by atoms with E-state index in [2.05, 4.69) is 5.10 Å². The zero-order chi connectivity index (χ0) is 30.8. The van der Waals surface area contributed by atoms with Crippen molar-refractivity contribution in [3.8, 4) is 5.69 Å². The quantitative estimate of drug-likeness (QED) is 0.259. The van der Waals surface area contributed by atoms with E-state index in [4.69, 9.17) is 15.2 Å². The van der Waals surface area contributed by atoms with Gasteiger partial charge in [0.2, 0.25) is 0 Å². The number of carbonyl (C=O) groups is 2. The fraction of sp³-hybridized carbons (Fsp3) is 0.581. The molecule has 0 saturated carbocycles. The number of halogens is 3. The number of Topliss-reactive ketones (excluding diaryl/α,β-unsaturated/α-hetero) is 1. The molecule has 3 heterocycles. The monoisotopic (exact) mass is 591 g/mol. The van der Waals surface area contributed by atoms with Crippen molar-refractivity contribution < 1.29 is 37.3 Å². The standard InChI is InChI=1S/C31H40F3N3O5/c1-18(15-21-12-14-37(36-21)23-10-9-20(35)16-22(23)31(32,33)34)26-17-27-25(41-27)8-6-5-7-24(38)19(2)29(40)30(3,4)13-11-28(39)42-26/h9-10,12,14-16,19,24-27,38H,5-8,11,13,17,35H2,1-4H3/b18-15+/t19-,24?,25?,26?,27?/m1/s1. The number of hydrogen-bond acceptors (Lipinski definition) is 7. The number of alkyl halides is 3. The number of rotatable bonds is 3. The predicted octanol–water partition coefficient (Wildman–Crippen LogP) is 5.89. The molecule has 8 nitrogen and oxygen atoms in total. The van der Waals surface area contributed by atoms with Gasteiger partial charge >= 0.3 is 12.1 Å². The third-order valence-corrected chi connectivity index (χ3v) is 8.32.